The van der Waals surface area contributed by atoms with Gasteiger partial charge in [-0.15, -0.1) is 0 Å². The van der Waals surface area contributed by atoms with E-state index in [0.717, 1.165) is 61.1 Å². The second-order valence-corrected chi connectivity index (χ2v) is 17.2. The first-order valence-electron chi connectivity index (χ1n) is 22.7. The van der Waals surface area contributed by atoms with E-state index in [1.165, 1.54) is 0 Å². The second kappa shape index (κ2) is 19.6. The summed E-state index contributed by atoms with van der Waals surface area (Å²) in [6, 6.07) is 28.4. The van der Waals surface area contributed by atoms with E-state index in [2.05, 4.69) is 42.8 Å². The number of fused-ring (bicyclic) bond motifs is 9. The molecule has 0 radical (unpaired) electrons. The summed E-state index contributed by atoms with van der Waals surface area (Å²) >= 11 is 0. The predicted octanol–water partition coefficient (Wildman–Crippen LogP) is 3.11. The number of guanidine groups is 1. The molecule has 9 aromatic rings. The molecule has 10 rings (SSSR count). The number of amides is 3. The van der Waals surface area contributed by atoms with Gasteiger partial charge in [-0.3, -0.25) is 14.4 Å². The molecular formula is C49H57N17O4. The number of primary amides is 3. The zero-order valence-corrected chi connectivity index (χ0v) is 38.7. The smallest absolute Gasteiger partial charge is 0.252 e. The number of nitrogens with two attached hydrogens (primary N) is 9. The highest BCUT2D eigenvalue weighted by Crippen LogP contribution is 2.39. The van der Waals surface area contributed by atoms with Crippen LogP contribution in [0.1, 0.15) is 63.8 Å². The molecule has 6 aromatic heterocycles. The summed E-state index contributed by atoms with van der Waals surface area (Å²) in [5, 5.41) is 19.0. The van der Waals surface area contributed by atoms with Gasteiger partial charge < -0.3 is 75.7 Å². The number of aliphatic hydroxyl groups is 1. The zero-order valence-electron chi connectivity index (χ0n) is 38.7. The number of rotatable bonds is 11. The normalized spacial score (nSPS) is 16.0. The van der Waals surface area contributed by atoms with Gasteiger partial charge >= 0.3 is 0 Å². The molecule has 3 amide bonds. The summed E-state index contributed by atoms with van der Waals surface area (Å²) < 4.78 is 6.11. The van der Waals surface area contributed by atoms with E-state index < -0.39 is 23.8 Å². The summed E-state index contributed by atoms with van der Waals surface area (Å²) in [5.41, 5.74) is 56.5. The first kappa shape index (κ1) is 47.9. The molecule has 1 aliphatic carbocycles. The number of para-hydroxylation sites is 3. The van der Waals surface area contributed by atoms with Gasteiger partial charge in [-0.05, 0) is 63.1 Å². The third-order valence-corrected chi connectivity index (χ3v) is 12.5. The van der Waals surface area contributed by atoms with Crippen LogP contribution in [0.2, 0.25) is 0 Å². The van der Waals surface area contributed by atoms with Gasteiger partial charge in [0.25, 0.3) is 17.7 Å². The number of nitrogens with one attached hydrogen (secondary N) is 1. The molecule has 3 aromatic carbocycles. The average Bonchev–Trinajstić information content (AvgIpc) is 4.03. The first-order chi connectivity index (χ1) is 33.5. The van der Waals surface area contributed by atoms with E-state index in [-0.39, 0.29) is 46.8 Å². The van der Waals surface area contributed by atoms with Crippen LogP contribution in [0, 0.1) is 0 Å². The van der Waals surface area contributed by atoms with Crippen molar-refractivity contribution in [2.75, 3.05) is 29.9 Å². The molecule has 1 saturated carbocycles. The summed E-state index contributed by atoms with van der Waals surface area (Å²) in [6.07, 6.45) is 0.666. The summed E-state index contributed by atoms with van der Waals surface area (Å²) in [6.45, 7) is 6.28. The Kier molecular flexibility index (Phi) is 13.4. The van der Waals surface area contributed by atoms with Crippen molar-refractivity contribution in [1.29, 1.82) is 0 Å². The van der Waals surface area contributed by atoms with Crippen LogP contribution >= 0.6 is 0 Å². The third-order valence-electron chi connectivity index (χ3n) is 12.5. The SMILES string of the molecule is CCn1c2ccccc2c2cc(C(N)=O)c(NCCN)nc21.C[C@@H](Cn1c2ccccc2c2cc(C(N)=O)c(N)nc21)N=C(N)N.NC(=O)c1cc2c3ccccc3n(C3CC(N)CC3O)c2nc1N. The number of hydrogen-bond donors (Lipinski definition) is 11. The van der Waals surface area contributed by atoms with E-state index in [0.29, 0.717) is 55.2 Å². The van der Waals surface area contributed by atoms with Crippen molar-refractivity contribution in [3.63, 3.8) is 0 Å². The summed E-state index contributed by atoms with van der Waals surface area (Å²) in [4.78, 5) is 52.5. The number of hydrogen-bond acceptors (Lipinski definition) is 13. The zero-order chi connectivity index (χ0) is 50.1. The minimum Gasteiger partial charge on any atom is -0.391 e. The van der Waals surface area contributed by atoms with E-state index >= 15 is 0 Å². The fourth-order valence-electron chi connectivity index (χ4n) is 9.47. The number of carbonyl (C=O) groups is 3. The molecule has 3 unspecified atom stereocenters. The number of aromatic nitrogens is 6. The number of aliphatic hydroxyl groups excluding tert-OH is 1. The Morgan fingerprint density at radius 2 is 1.16 bits per heavy atom. The average molecular weight is 948 g/mol. The Labute approximate surface area is 400 Å². The van der Waals surface area contributed by atoms with Crippen LogP contribution in [-0.4, -0.2) is 88.7 Å². The number of aliphatic imine (C=N–C) groups is 1. The lowest BCUT2D eigenvalue weighted by Gasteiger charge is -2.19. The molecule has 362 valence electrons. The summed E-state index contributed by atoms with van der Waals surface area (Å²) in [7, 11) is 0. The van der Waals surface area contributed by atoms with Crippen molar-refractivity contribution in [2.45, 2.75) is 64.0 Å². The molecule has 0 spiro atoms. The Hall–Kier alpha value is -8.53. The fourth-order valence-corrected chi connectivity index (χ4v) is 9.47. The van der Waals surface area contributed by atoms with Crippen LogP contribution in [-0.2, 0) is 13.1 Å². The van der Waals surface area contributed by atoms with Crippen molar-refractivity contribution >= 4 is 107 Å². The summed E-state index contributed by atoms with van der Waals surface area (Å²) in [5.74, 6) is -0.990. The number of aryl methyl sites for hydroxylation is 1. The lowest BCUT2D eigenvalue weighted by Crippen LogP contribution is -2.26. The second-order valence-electron chi connectivity index (χ2n) is 17.2. The van der Waals surface area contributed by atoms with Crippen LogP contribution in [0.4, 0.5) is 17.5 Å². The number of benzene rings is 3. The van der Waals surface area contributed by atoms with Crippen LogP contribution in [0.3, 0.4) is 0 Å². The van der Waals surface area contributed by atoms with Gasteiger partial charge in [0.1, 0.15) is 34.4 Å². The van der Waals surface area contributed by atoms with Crippen molar-refractivity contribution in [3.8, 4) is 0 Å². The minimum absolute atomic E-state index is 0.0340. The Balaban J connectivity index is 0.000000141. The molecule has 1 fully saturated rings. The van der Waals surface area contributed by atoms with Crippen LogP contribution in [0.5, 0.6) is 0 Å². The molecule has 21 heteroatoms. The van der Waals surface area contributed by atoms with Gasteiger partial charge in [0, 0.05) is 64.5 Å². The van der Waals surface area contributed by atoms with E-state index in [4.69, 9.17) is 51.6 Å². The highest BCUT2D eigenvalue weighted by Gasteiger charge is 2.35. The van der Waals surface area contributed by atoms with Crippen molar-refractivity contribution in [1.82, 2.24) is 28.7 Å². The highest BCUT2D eigenvalue weighted by molar-refractivity contribution is 6.13. The standard InChI is InChI=1S/C17H19N5O2.C16H19N7O.C16H19N5O/c18-8-5-13(14(23)6-8)22-12-4-2-1-3-9(12)10-7-11(16(20)24)15(19)21-17(10)22;1-8(21-16(19)20)7-23-12-5-3-2-4-9(12)10-6-11(14(18)24)13(17)22-15(10)23;1-2-21-13-6-4-3-5-10(13)11-9-12(14(18)22)15(19-8-7-17)20-16(11)21/h1-4,7-8,13-14,23H,5-6,18H2,(H2,19,21)(H2,20,24);2-6,8H,7H2,1H3,(H2,17,22)(H2,18,24)(H4,19,20,21);3-6,9H,2,7-8,17H2,1H3,(H2,18,22)(H,19,20)/t;8-;/m.0./s1. The molecule has 20 N–H and O–H groups in total. The maximum Gasteiger partial charge on any atom is 0.252 e. The van der Waals surface area contributed by atoms with Gasteiger partial charge in [0.2, 0.25) is 0 Å². The molecule has 0 saturated heterocycles. The molecule has 0 bridgehead atoms. The van der Waals surface area contributed by atoms with E-state index in [1.54, 1.807) is 12.1 Å². The number of carbonyl (C=O) groups excluding carboxylic acids is 3. The van der Waals surface area contributed by atoms with Crippen LogP contribution in [0.15, 0.2) is 96.0 Å². The van der Waals surface area contributed by atoms with Gasteiger partial charge in [-0.25, -0.2) is 19.9 Å². The maximum absolute atomic E-state index is 11.7. The molecule has 6 heterocycles. The number of nitrogens with zero attached hydrogens (tertiary/aromatic N) is 7. The van der Waals surface area contributed by atoms with Crippen molar-refractivity contribution in [3.05, 3.63) is 108 Å². The predicted molar refractivity (Wildman–Crippen MR) is 277 cm³/mol. The quantitative estimate of drug-likeness (QED) is 0.0656. The lowest BCUT2D eigenvalue weighted by molar-refractivity contribution is 0.0992. The molecule has 0 aliphatic heterocycles. The first-order valence-corrected chi connectivity index (χ1v) is 22.7. The van der Waals surface area contributed by atoms with Crippen LogP contribution < -0.4 is 56.9 Å². The van der Waals surface area contributed by atoms with Crippen LogP contribution in [0.25, 0.3) is 65.8 Å². The number of nitrogen functional groups attached to an aromatic ring is 2. The van der Waals surface area contributed by atoms with Gasteiger partial charge in [-0.1, -0.05) is 54.6 Å². The minimum atomic E-state index is -0.610. The lowest BCUT2D eigenvalue weighted by atomic mass is 10.1. The van der Waals surface area contributed by atoms with E-state index in [1.807, 2.05) is 88.9 Å². The Bertz CT molecular complexity index is 3520. The third kappa shape index (κ3) is 8.98. The van der Waals surface area contributed by atoms with Gasteiger partial charge in [0.05, 0.1) is 51.4 Å². The van der Waals surface area contributed by atoms with E-state index in [9.17, 15) is 19.5 Å². The molecule has 1 aliphatic rings. The van der Waals surface area contributed by atoms with Crippen molar-refractivity contribution < 1.29 is 19.5 Å². The van der Waals surface area contributed by atoms with Gasteiger partial charge in [-0.2, -0.15) is 0 Å². The fraction of sp³-hybridized carbons (Fsp3) is 0.245. The monoisotopic (exact) mass is 947 g/mol. The molecular weight excluding hydrogens is 891 g/mol. The number of pyridine rings is 3. The number of anilines is 3. The van der Waals surface area contributed by atoms with Gasteiger partial charge in [0.15, 0.2) is 5.96 Å². The molecule has 70 heavy (non-hydrogen) atoms. The highest BCUT2D eigenvalue weighted by atomic mass is 16.3. The molecule has 4 atom stereocenters. The maximum atomic E-state index is 11.7. The largest absolute Gasteiger partial charge is 0.391 e. The molecule has 21 nitrogen and oxygen atoms in total. The van der Waals surface area contributed by atoms with Crippen molar-refractivity contribution in [2.24, 2.45) is 45.1 Å². The topological polar surface area (TPSA) is 383 Å². The Morgan fingerprint density at radius 3 is 1.66 bits per heavy atom. The Morgan fingerprint density at radius 1 is 0.686 bits per heavy atom.